The van der Waals surface area contributed by atoms with Crippen LogP contribution in [0.2, 0.25) is 0 Å². The van der Waals surface area contributed by atoms with Crippen LogP contribution >= 0.6 is 0 Å². The monoisotopic (exact) mass is 568 g/mol. The number of nitrogens with zero attached hydrogens (tertiary/aromatic N) is 4. The Balaban J connectivity index is 1.63. The standard InChI is InChI=1S/C32H33FN6O3/c1-17(39-29-25(28(34)35-16-36-29)26(37-39)18-11-20(33)13-21(12-18)41-6)27-24(19-14-31(2,3)38-32(4,5)15-19)22-9-7-8-10-23(22)30(40)42-27/h7-14,16-17,38H,15H2,1-6H3,(H2,34,35,36). The summed E-state index contributed by atoms with van der Waals surface area (Å²) in [5.41, 5.74) is 8.56. The van der Waals surface area contributed by atoms with Crippen molar-refractivity contribution in [3.05, 3.63) is 82.4 Å². The van der Waals surface area contributed by atoms with Gasteiger partial charge in [-0.25, -0.2) is 23.8 Å². The van der Waals surface area contributed by atoms with Gasteiger partial charge in [-0.3, -0.25) is 0 Å². The Bertz CT molecular complexity index is 1960. The minimum absolute atomic E-state index is 0.196. The highest BCUT2D eigenvalue weighted by molar-refractivity contribution is 5.99. The van der Waals surface area contributed by atoms with E-state index in [-0.39, 0.29) is 16.9 Å². The third kappa shape index (κ3) is 4.71. The van der Waals surface area contributed by atoms with Gasteiger partial charge in [0.1, 0.15) is 41.2 Å². The number of nitrogens with two attached hydrogens (primary N) is 1. The van der Waals surface area contributed by atoms with Crippen molar-refractivity contribution in [1.82, 2.24) is 25.1 Å². The average Bonchev–Trinajstić information content (AvgIpc) is 3.31. The number of methoxy groups -OCH3 is 1. The van der Waals surface area contributed by atoms with Gasteiger partial charge in [-0.15, -0.1) is 0 Å². The van der Waals surface area contributed by atoms with Gasteiger partial charge in [0.25, 0.3) is 0 Å². The van der Waals surface area contributed by atoms with E-state index in [2.05, 4.69) is 49.1 Å². The van der Waals surface area contributed by atoms with E-state index in [4.69, 9.17) is 20.0 Å². The maximum Gasteiger partial charge on any atom is 0.343 e. The number of halogens is 1. The van der Waals surface area contributed by atoms with Crippen LogP contribution in [0.25, 0.3) is 38.6 Å². The van der Waals surface area contributed by atoms with Crippen LogP contribution in [0.3, 0.4) is 0 Å². The van der Waals surface area contributed by atoms with Crippen LogP contribution < -0.4 is 21.4 Å². The lowest BCUT2D eigenvalue weighted by molar-refractivity contribution is 0.296. The van der Waals surface area contributed by atoms with E-state index in [9.17, 15) is 9.18 Å². The lowest BCUT2D eigenvalue weighted by Crippen LogP contribution is -2.53. The number of aromatic nitrogens is 4. The van der Waals surface area contributed by atoms with Gasteiger partial charge in [-0.2, -0.15) is 5.10 Å². The fourth-order valence-electron chi connectivity index (χ4n) is 6.31. The number of hydrogen-bond acceptors (Lipinski definition) is 8. The topological polar surface area (TPSA) is 121 Å². The van der Waals surface area contributed by atoms with Crippen molar-refractivity contribution >= 4 is 33.2 Å². The van der Waals surface area contributed by atoms with Crippen molar-refractivity contribution in [3.8, 4) is 17.0 Å². The van der Waals surface area contributed by atoms with Gasteiger partial charge in [0.15, 0.2) is 5.65 Å². The summed E-state index contributed by atoms with van der Waals surface area (Å²) < 4.78 is 27.7. The van der Waals surface area contributed by atoms with Crippen LogP contribution in [-0.2, 0) is 0 Å². The second kappa shape index (κ2) is 9.77. The molecule has 1 aliphatic rings. The van der Waals surface area contributed by atoms with Crippen molar-refractivity contribution in [2.24, 2.45) is 0 Å². The molecule has 4 heterocycles. The van der Waals surface area contributed by atoms with Crippen molar-refractivity contribution in [2.45, 2.75) is 58.2 Å². The van der Waals surface area contributed by atoms with Crippen LogP contribution in [0.5, 0.6) is 5.75 Å². The summed E-state index contributed by atoms with van der Waals surface area (Å²) in [6.45, 7) is 10.5. The Morgan fingerprint density at radius 1 is 1.12 bits per heavy atom. The first kappa shape index (κ1) is 27.6. The first-order valence-electron chi connectivity index (χ1n) is 13.8. The van der Waals surface area contributed by atoms with E-state index in [1.165, 1.54) is 25.6 Å². The summed E-state index contributed by atoms with van der Waals surface area (Å²) in [7, 11) is 1.47. The lowest BCUT2D eigenvalue weighted by atomic mass is 9.79. The molecule has 9 nitrogen and oxygen atoms in total. The first-order valence-corrected chi connectivity index (χ1v) is 13.8. The zero-order valence-electron chi connectivity index (χ0n) is 24.4. The molecule has 0 spiro atoms. The molecule has 1 aliphatic heterocycles. The molecule has 0 aliphatic carbocycles. The quantitative estimate of drug-likeness (QED) is 0.270. The van der Waals surface area contributed by atoms with Gasteiger partial charge in [-0.1, -0.05) is 24.3 Å². The highest BCUT2D eigenvalue weighted by Gasteiger charge is 2.35. The molecule has 3 aromatic heterocycles. The minimum Gasteiger partial charge on any atom is -0.497 e. The van der Waals surface area contributed by atoms with Crippen LogP contribution in [0.4, 0.5) is 10.2 Å². The van der Waals surface area contributed by atoms with E-state index in [1.807, 2.05) is 25.1 Å². The molecular weight excluding hydrogens is 535 g/mol. The summed E-state index contributed by atoms with van der Waals surface area (Å²) in [5.74, 6) is 0.494. The molecule has 0 saturated carbocycles. The van der Waals surface area contributed by atoms with Crippen molar-refractivity contribution in [2.75, 3.05) is 12.8 Å². The summed E-state index contributed by atoms with van der Waals surface area (Å²) in [6, 6.07) is 11.2. The van der Waals surface area contributed by atoms with Crippen molar-refractivity contribution in [1.29, 1.82) is 0 Å². The predicted octanol–water partition coefficient (Wildman–Crippen LogP) is 5.87. The third-order valence-electron chi connectivity index (χ3n) is 7.66. The van der Waals surface area contributed by atoms with Gasteiger partial charge in [0.2, 0.25) is 0 Å². The van der Waals surface area contributed by atoms with Crippen molar-refractivity contribution < 1.29 is 13.5 Å². The largest absolute Gasteiger partial charge is 0.497 e. The van der Waals surface area contributed by atoms with Crippen LogP contribution in [0.15, 0.2) is 64.1 Å². The SMILES string of the molecule is COc1cc(F)cc(-c2nn(C(C)c3oc(=O)c4ccccc4c3C3=CC(C)(C)NC(C)(C)C3)c3ncnc(N)c23)c1. The molecule has 0 amide bonds. The second-order valence-corrected chi connectivity index (χ2v) is 12.1. The minimum atomic E-state index is -0.597. The van der Waals surface area contributed by atoms with Gasteiger partial charge < -0.3 is 20.2 Å². The number of ether oxygens (including phenoxy) is 1. The molecule has 10 heteroatoms. The number of fused-ring (bicyclic) bond motifs is 2. The fraction of sp³-hybridized carbons (Fsp3) is 0.312. The van der Waals surface area contributed by atoms with Crippen molar-refractivity contribution in [3.63, 3.8) is 0 Å². The molecule has 42 heavy (non-hydrogen) atoms. The second-order valence-electron chi connectivity index (χ2n) is 12.1. The Labute approximate surface area is 242 Å². The number of rotatable bonds is 5. The number of benzene rings is 2. The molecule has 1 atom stereocenters. The molecule has 0 radical (unpaired) electrons. The molecule has 1 unspecified atom stereocenters. The Hall–Kier alpha value is -4.57. The van der Waals surface area contributed by atoms with E-state index in [0.29, 0.717) is 45.6 Å². The summed E-state index contributed by atoms with van der Waals surface area (Å²) >= 11 is 0. The number of hydrogen-bond donors (Lipinski definition) is 2. The Morgan fingerprint density at radius 2 is 1.86 bits per heavy atom. The Morgan fingerprint density at radius 3 is 2.57 bits per heavy atom. The first-order chi connectivity index (χ1) is 19.9. The van der Waals surface area contributed by atoms with Crippen LogP contribution in [0.1, 0.15) is 58.4 Å². The summed E-state index contributed by atoms with van der Waals surface area (Å²) in [5, 5.41) is 10.3. The average molecular weight is 569 g/mol. The molecule has 3 N–H and O–H groups in total. The molecular formula is C32H33FN6O3. The summed E-state index contributed by atoms with van der Waals surface area (Å²) in [6.07, 6.45) is 4.26. The molecule has 216 valence electrons. The van der Waals surface area contributed by atoms with E-state index in [1.54, 1.807) is 16.8 Å². The van der Waals surface area contributed by atoms with Crippen LogP contribution in [-0.4, -0.2) is 37.9 Å². The number of anilines is 1. The van der Waals surface area contributed by atoms with Gasteiger partial charge >= 0.3 is 5.63 Å². The predicted molar refractivity (Wildman–Crippen MR) is 162 cm³/mol. The highest BCUT2D eigenvalue weighted by atomic mass is 19.1. The normalized spacial score (nSPS) is 16.9. The van der Waals surface area contributed by atoms with Gasteiger partial charge in [0.05, 0.1) is 17.9 Å². The zero-order chi connectivity index (χ0) is 30.0. The lowest BCUT2D eigenvalue weighted by Gasteiger charge is -2.41. The van der Waals surface area contributed by atoms with E-state index < -0.39 is 17.5 Å². The third-order valence-corrected chi connectivity index (χ3v) is 7.66. The molecule has 0 saturated heterocycles. The smallest absolute Gasteiger partial charge is 0.343 e. The molecule has 5 aromatic rings. The highest BCUT2D eigenvalue weighted by Crippen LogP contribution is 2.41. The zero-order valence-corrected chi connectivity index (χ0v) is 24.4. The van der Waals surface area contributed by atoms with E-state index >= 15 is 0 Å². The summed E-state index contributed by atoms with van der Waals surface area (Å²) in [4.78, 5) is 22.0. The maximum atomic E-state index is 14.6. The number of nitrogen functional groups attached to an aromatic ring is 1. The molecule has 0 bridgehead atoms. The Kier molecular flexibility index (Phi) is 6.42. The maximum absolute atomic E-state index is 14.6. The van der Waals surface area contributed by atoms with Gasteiger partial charge in [-0.05, 0) is 70.2 Å². The fourth-order valence-corrected chi connectivity index (χ4v) is 6.31. The van der Waals surface area contributed by atoms with E-state index in [0.717, 1.165) is 16.5 Å². The van der Waals surface area contributed by atoms with Gasteiger partial charge in [0, 0.05) is 28.3 Å². The van der Waals surface area contributed by atoms with Crippen LogP contribution in [0, 0.1) is 5.82 Å². The molecule has 6 rings (SSSR count). The molecule has 2 aromatic carbocycles. The number of nitrogens with one attached hydrogen (secondary N) is 1. The molecule has 0 fully saturated rings.